The molecule has 1 heterocycles. The first-order valence-electron chi connectivity index (χ1n) is 8.27. The summed E-state index contributed by atoms with van der Waals surface area (Å²) in [4.78, 5) is 29.6. The summed E-state index contributed by atoms with van der Waals surface area (Å²) in [7, 11) is 6.94. The lowest BCUT2D eigenvalue weighted by Gasteiger charge is -2.31. The van der Waals surface area contributed by atoms with Crippen molar-refractivity contribution in [2.45, 2.75) is 9.96 Å². The molecule has 9 nitrogen and oxygen atoms in total. The monoisotopic (exact) mass is 456 g/mol. The van der Waals surface area contributed by atoms with Crippen LogP contribution in [0.3, 0.4) is 0 Å². The van der Waals surface area contributed by atoms with Gasteiger partial charge in [0.15, 0.2) is 12.4 Å². The Morgan fingerprint density at radius 3 is 1.90 bits per heavy atom. The van der Waals surface area contributed by atoms with E-state index in [4.69, 9.17) is 34.8 Å². The standard InChI is InChI=1S/C17H19Cl3N8O/c1-26(2)14-23-15(27(3)4)25-16(24-14)28(10-21)13(17(18,19)20)22-12(29)11-8-6-5-7-9-11/h5-9,13H,1-4H3,(H,22,29). The molecule has 1 aromatic heterocycles. The van der Waals surface area contributed by atoms with Crippen molar-refractivity contribution in [3.8, 4) is 6.19 Å². The van der Waals surface area contributed by atoms with E-state index in [9.17, 15) is 10.1 Å². The van der Waals surface area contributed by atoms with Crippen LogP contribution in [0.5, 0.6) is 0 Å². The number of nitrogens with zero attached hydrogens (tertiary/aromatic N) is 7. The summed E-state index contributed by atoms with van der Waals surface area (Å²) in [5, 5.41) is 12.3. The molecule has 2 aromatic rings. The van der Waals surface area contributed by atoms with Crippen molar-refractivity contribution in [2.75, 3.05) is 42.9 Å². The van der Waals surface area contributed by atoms with Gasteiger partial charge in [-0.2, -0.15) is 20.2 Å². The smallest absolute Gasteiger partial charge is 0.253 e. The van der Waals surface area contributed by atoms with Gasteiger partial charge in [-0.3, -0.25) is 4.79 Å². The summed E-state index contributed by atoms with van der Waals surface area (Å²) in [6, 6.07) is 8.35. The molecule has 1 atom stereocenters. The summed E-state index contributed by atoms with van der Waals surface area (Å²) in [5.74, 6) is -0.0377. The normalized spacial score (nSPS) is 11.9. The van der Waals surface area contributed by atoms with Crippen LogP contribution in [0.15, 0.2) is 30.3 Å². The first-order chi connectivity index (χ1) is 13.5. The molecule has 0 aliphatic heterocycles. The number of halogens is 3. The highest BCUT2D eigenvalue weighted by Crippen LogP contribution is 2.34. The molecular formula is C17H19Cl3N8O. The molecule has 1 N–H and O–H groups in total. The Morgan fingerprint density at radius 2 is 1.48 bits per heavy atom. The number of rotatable bonds is 6. The van der Waals surface area contributed by atoms with Crippen LogP contribution in [-0.2, 0) is 0 Å². The second-order valence-electron chi connectivity index (χ2n) is 6.28. The highest BCUT2D eigenvalue weighted by atomic mass is 35.6. The molecular weight excluding hydrogens is 439 g/mol. The van der Waals surface area contributed by atoms with Gasteiger partial charge in [-0.1, -0.05) is 53.0 Å². The number of nitriles is 1. The SMILES string of the molecule is CN(C)c1nc(N(C)C)nc(N(C#N)C(NC(=O)c2ccccc2)C(Cl)(Cl)Cl)n1. The topological polar surface area (TPSA) is 101 Å². The van der Waals surface area contributed by atoms with Crippen LogP contribution in [0.2, 0.25) is 0 Å². The van der Waals surface area contributed by atoms with E-state index in [-0.39, 0.29) is 17.8 Å². The van der Waals surface area contributed by atoms with Crippen molar-refractivity contribution in [2.24, 2.45) is 0 Å². The van der Waals surface area contributed by atoms with Gasteiger partial charge in [-0.05, 0) is 12.1 Å². The number of amides is 1. The Labute approximate surface area is 183 Å². The van der Waals surface area contributed by atoms with Crippen LogP contribution >= 0.6 is 34.8 Å². The van der Waals surface area contributed by atoms with E-state index in [0.717, 1.165) is 4.90 Å². The van der Waals surface area contributed by atoms with Crippen LogP contribution in [0.4, 0.5) is 17.8 Å². The van der Waals surface area contributed by atoms with E-state index >= 15 is 0 Å². The Bertz CT molecular complexity index is 870. The Kier molecular flexibility index (Phi) is 7.30. The van der Waals surface area contributed by atoms with Crippen molar-refractivity contribution in [3.63, 3.8) is 0 Å². The van der Waals surface area contributed by atoms with Gasteiger partial charge >= 0.3 is 0 Å². The lowest BCUT2D eigenvalue weighted by Crippen LogP contribution is -2.54. The molecule has 0 radical (unpaired) electrons. The molecule has 0 aliphatic carbocycles. The molecule has 0 fully saturated rings. The molecule has 0 aliphatic rings. The molecule has 0 saturated heterocycles. The maximum atomic E-state index is 12.6. The van der Waals surface area contributed by atoms with Gasteiger partial charge in [0.25, 0.3) is 5.91 Å². The molecule has 1 unspecified atom stereocenters. The van der Waals surface area contributed by atoms with Crippen molar-refractivity contribution < 1.29 is 4.79 Å². The van der Waals surface area contributed by atoms with Crippen molar-refractivity contribution >= 4 is 58.6 Å². The van der Waals surface area contributed by atoms with E-state index < -0.39 is 15.9 Å². The fourth-order valence-corrected chi connectivity index (χ4v) is 2.62. The number of nitrogens with one attached hydrogen (secondary N) is 1. The summed E-state index contributed by atoms with van der Waals surface area (Å²) in [6.07, 6.45) is 0.512. The first kappa shape index (κ1) is 22.7. The maximum absolute atomic E-state index is 12.6. The molecule has 1 aromatic carbocycles. The number of carbonyl (C=O) groups excluding carboxylic acids is 1. The summed E-state index contributed by atoms with van der Waals surface area (Å²) in [5.41, 5.74) is 0.336. The first-order valence-corrected chi connectivity index (χ1v) is 9.40. The quantitative estimate of drug-likeness (QED) is 0.305. The molecule has 0 saturated carbocycles. The number of aromatic nitrogens is 3. The minimum atomic E-state index is -2.07. The lowest BCUT2D eigenvalue weighted by molar-refractivity contribution is 0.0938. The third-order valence-corrected chi connectivity index (χ3v) is 4.22. The average Bonchev–Trinajstić information content (AvgIpc) is 2.67. The zero-order chi connectivity index (χ0) is 21.8. The van der Waals surface area contributed by atoms with Crippen LogP contribution in [-0.4, -0.2) is 59.0 Å². The van der Waals surface area contributed by atoms with Crippen molar-refractivity contribution in [3.05, 3.63) is 35.9 Å². The number of alkyl halides is 3. The van der Waals surface area contributed by atoms with Crippen LogP contribution in [0.25, 0.3) is 0 Å². The maximum Gasteiger partial charge on any atom is 0.253 e. The zero-order valence-corrected chi connectivity index (χ0v) is 18.4. The van der Waals surface area contributed by atoms with Gasteiger partial charge in [-0.25, -0.2) is 4.90 Å². The van der Waals surface area contributed by atoms with E-state index in [0.29, 0.717) is 5.56 Å². The van der Waals surface area contributed by atoms with E-state index in [1.54, 1.807) is 68.3 Å². The van der Waals surface area contributed by atoms with E-state index in [2.05, 4.69) is 20.3 Å². The number of hydrogen-bond acceptors (Lipinski definition) is 8. The van der Waals surface area contributed by atoms with Crippen LogP contribution < -0.4 is 20.0 Å². The molecule has 154 valence electrons. The van der Waals surface area contributed by atoms with E-state index in [1.165, 1.54) is 0 Å². The second-order valence-corrected chi connectivity index (χ2v) is 8.65. The summed E-state index contributed by atoms with van der Waals surface area (Å²) in [6.45, 7) is 0. The summed E-state index contributed by atoms with van der Waals surface area (Å²) >= 11 is 18.3. The molecule has 1 amide bonds. The van der Waals surface area contributed by atoms with Crippen LogP contribution in [0.1, 0.15) is 10.4 Å². The Morgan fingerprint density at radius 1 is 1.00 bits per heavy atom. The van der Waals surface area contributed by atoms with Crippen LogP contribution in [0, 0.1) is 11.5 Å². The minimum absolute atomic E-state index is 0.0837. The summed E-state index contributed by atoms with van der Waals surface area (Å²) < 4.78 is -2.07. The molecule has 29 heavy (non-hydrogen) atoms. The average molecular weight is 458 g/mol. The van der Waals surface area contributed by atoms with Gasteiger partial charge in [0, 0.05) is 33.8 Å². The predicted molar refractivity (Wildman–Crippen MR) is 115 cm³/mol. The zero-order valence-electron chi connectivity index (χ0n) is 16.1. The molecule has 2 rings (SSSR count). The molecule has 0 spiro atoms. The molecule has 12 heteroatoms. The van der Waals surface area contributed by atoms with Gasteiger partial charge in [0.2, 0.25) is 21.6 Å². The second kappa shape index (κ2) is 9.31. The van der Waals surface area contributed by atoms with Crippen molar-refractivity contribution in [1.29, 1.82) is 5.26 Å². The van der Waals surface area contributed by atoms with Gasteiger partial charge < -0.3 is 15.1 Å². The third-order valence-electron chi connectivity index (χ3n) is 3.60. The third kappa shape index (κ3) is 5.73. The van der Waals surface area contributed by atoms with E-state index in [1.807, 2.05) is 6.19 Å². The van der Waals surface area contributed by atoms with Crippen molar-refractivity contribution in [1.82, 2.24) is 20.3 Å². The predicted octanol–water partition coefficient (Wildman–Crippen LogP) is 2.42. The highest BCUT2D eigenvalue weighted by Gasteiger charge is 2.41. The number of anilines is 3. The molecule has 0 bridgehead atoms. The largest absolute Gasteiger partial charge is 0.347 e. The highest BCUT2D eigenvalue weighted by molar-refractivity contribution is 6.68. The van der Waals surface area contributed by atoms with Gasteiger partial charge in [0.05, 0.1) is 0 Å². The van der Waals surface area contributed by atoms with Gasteiger partial charge in [-0.15, -0.1) is 0 Å². The lowest BCUT2D eigenvalue weighted by atomic mass is 10.2. The Hall–Kier alpha value is -2.54. The number of hydrogen-bond donors (Lipinski definition) is 1. The fraction of sp³-hybridized carbons (Fsp3) is 0.353. The van der Waals surface area contributed by atoms with Gasteiger partial charge in [0.1, 0.15) is 0 Å². The number of benzene rings is 1. The fourth-order valence-electron chi connectivity index (χ4n) is 2.16. The number of carbonyl (C=O) groups is 1. The Balaban J connectivity index is 2.49. The minimum Gasteiger partial charge on any atom is -0.347 e.